The number of benzene rings is 2. The minimum Gasteiger partial charge on any atom is -0.504 e. The summed E-state index contributed by atoms with van der Waals surface area (Å²) < 4.78 is 0. The van der Waals surface area contributed by atoms with Gasteiger partial charge in [0.25, 0.3) is 0 Å². The highest BCUT2D eigenvalue weighted by molar-refractivity contribution is 6.07. The molecule has 0 fully saturated rings. The summed E-state index contributed by atoms with van der Waals surface area (Å²) in [5.74, 6) is -3.15. The molecule has 20 heavy (non-hydrogen) atoms. The van der Waals surface area contributed by atoms with E-state index >= 15 is 0 Å². The van der Waals surface area contributed by atoms with Gasteiger partial charge in [0.05, 0.1) is 0 Å². The van der Waals surface area contributed by atoms with Crippen molar-refractivity contribution in [3.05, 3.63) is 53.6 Å². The molecule has 0 radical (unpaired) electrons. The first-order valence-electron chi connectivity index (χ1n) is 5.75. The second-order valence-electron chi connectivity index (χ2n) is 4.09. The molecular formula is C15H12O5. The van der Waals surface area contributed by atoms with Crippen LogP contribution in [0.4, 0.5) is 0 Å². The van der Waals surface area contributed by atoms with Crippen LogP contribution < -0.4 is 0 Å². The SMILES string of the molecule is O=C(/C=C/c1cc(O)c(O)c(O)c1O)c1ccccc1. The number of rotatable bonds is 3. The van der Waals surface area contributed by atoms with Crippen molar-refractivity contribution >= 4 is 11.9 Å². The number of carbonyl (C=O) groups excluding carboxylic acids is 1. The van der Waals surface area contributed by atoms with Gasteiger partial charge >= 0.3 is 0 Å². The van der Waals surface area contributed by atoms with Crippen LogP contribution >= 0.6 is 0 Å². The van der Waals surface area contributed by atoms with Crippen LogP contribution in [-0.2, 0) is 0 Å². The summed E-state index contributed by atoms with van der Waals surface area (Å²) in [5, 5.41) is 37.5. The highest BCUT2D eigenvalue weighted by Gasteiger charge is 2.14. The maximum Gasteiger partial charge on any atom is 0.204 e. The van der Waals surface area contributed by atoms with Crippen LogP contribution in [0.5, 0.6) is 23.0 Å². The molecule has 0 amide bonds. The van der Waals surface area contributed by atoms with Crippen molar-refractivity contribution < 1.29 is 25.2 Å². The first kappa shape index (κ1) is 13.5. The number of ketones is 1. The van der Waals surface area contributed by atoms with Gasteiger partial charge in [0.2, 0.25) is 11.5 Å². The number of phenolic OH excluding ortho intramolecular Hbond substituents is 4. The minimum absolute atomic E-state index is 0.0158. The third-order valence-corrected chi connectivity index (χ3v) is 2.73. The van der Waals surface area contributed by atoms with E-state index in [9.17, 15) is 25.2 Å². The summed E-state index contributed by atoms with van der Waals surface area (Å²) in [6, 6.07) is 9.53. The largest absolute Gasteiger partial charge is 0.504 e. The molecule has 0 saturated heterocycles. The highest BCUT2D eigenvalue weighted by Crippen LogP contribution is 2.44. The van der Waals surface area contributed by atoms with Crippen LogP contribution in [0.2, 0.25) is 0 Å². The van der Waals surface area contributed by atoms with E-state index in [0.29, 0.717) is 5.56 Å². The van der Waals surface area contributed by atoms with Crippen molar-refractivity contribution in [2.24, 2.45) is 0 Å². The second kappa shape index (κ2) is 5.36. The molecule has 2 aromatic rings. The van der Waals surface area contributed by atoms with Gasteiger partial charge in [0.15, 0.2) is 17.3 Å². The van der Waals surface area contributed by atoms with Crippen molar-refractivity contribution in [2.45, 2.75) is 0 Å². The molecule has 0 aromatic heterocycles. The fourth-order valence-corrected chi connectivity index (χ4v) is 1.65. The zero-order valence-corrected chi connectivity index (χ0v) is 10.3. The average Bonchev–Trinajstić information content (AvgIpc) is 2.48. The monoisotopic (exact) mass is 272 g/mol. The van der Waals surface area contributed by atoms with Gasteiger partial charge in [-0.1, -0.05) is 30.3 Å². The van der Waals surface area contributed by atoms with Gasteiger partial charge in [-0.3, -0.25) is 4.79 Å². The zero-order valence-electron chi connectivity index (χ0n) is 10.3. The second-order valence-corrected chi connectivity index (χ2v) is 4.09. The molecule has 0 bridgehead atoms. The van der Waals surface area contributed by atoms with E-state index in [4.69, 9.17) is 0 Å². The highest BCUT2D eigenvalue weighted by atomic mass is 16.3. The molecule has 4 N–H and O–H groups in total. The quantitative estimate of drug-likeness (QED) is 0.298. The van der Waals surface area contributed by atoms with Crippen LogP contribution in [-0.4, -0.2) is 26.2 Å². The molecule has 0 unspecified atom stereocenters. The Morgan fingerprint density at radius 3 is 2.20 bits per heavy atom. The number of aromatic hydroxyl groups is 4. The zero-order chi connectivity index (χ0) is 14.7. The van der Waals surface area contributed by atoms with E-state index in [0.717, 1.165) is 6.07 Å². The Labute approximate surface area is 114 Å². The number of carbonyl (C=O) groups is 1. The van der Waals surface area contributed by atoms with E-state index in [1.165, 1.54) is 12.2 Å². The maximum absolute atomic E-state index is 11.8. The molecule has 0 aliphatic carbocycles. The third kappa shape index (κ3) is 2.56. The average molecular weight is 272 g/mol. The van der Waals surface area contributed by atoms with Crippen LogP contribution in [0.15, 0.2) is 42.5 Å². The Morgan fingerprint density at radius 1 is 0.900 bits per heavy atom. The van der Waals surface area contributed by atoms with Crippen molar-refractivity contribution in [2.75, 3.05) is 0 Å². The Morgan fingerprint density at radius 2 is 1.55 bits per heavy atom. The topological polar surface area (TPSA) is 98.0 Å². The molecule has 0 heterocycles. The fraction of sp³-hybridized carbons (Fsp3) is 0. The van der Waals surface area contributed by atoms with E-state index in [-0.39, 0.29) is 11.3 Å². The summed E-state index contributed by atoms with van der Waals surface area (Å²) in [6.07, 6.45) is 2.43. The molecule has 0 atom stereocenters. The van der Waals surface area contributed by atoms with E-state index in [1.807, 2.05) is 0 Å². The number of hydrogen-bond donors (Lipinski definition) is 4. The number of hydrogen-bond acceptors (Lipinski definition) is 5. The molecule has 0 spiro atoms. The van der Waals surface area contributed by atoms with Gasteiger partial charge in [0, 0.05) is 11.1 Å². The number of phenols is 4. The lowest BCUT2D eigenvalue weighted by Gasteiger charge is -2.06. The van der Waals surface area contributed by atoms with Gasteiger partial charge in [0.1, 0.15) is 0 Å². The smallest absolute Gasteiger partial charge is 0.204 e. The van der Waals surface area contributed by atoms with Crippen molar-refractivity contribution in [3.63, 3.8) is 0 Å². The van der Waals surface area contributed by atoms with Gasteiger partial charge in [-0.25, -0.2) is 0 Å². The normalized spacial score (nSPS) is 10.8. The molecule has 5 heteroatoms. The summed E-state index contributed by atoms with van der Waals surface area (Å²) in [6.45, 7) is 0. The van der Waals surface area contributed by atoms with Crippen molar-refractivity contribution in [1.82, 2.24) is 0 Å². The molecule has 2 aromatic carbocycles. The summed E-state index contributed by atoms with van der Waals surface area (Å²) in [4.78, 5) is 11.8. The lowest BCUT2D eigenvalue weighted by atomic mass is 10.1. The summed E-state index contributed by atoms with van der Waals surface area (Å²) in [7, 11) is 0. The lowest BCUT2D eigenvalue weighted by molar-refractivity contribution is 0.104. The third-order valence-electron chi connectivity index (χ3n) is 2.73. The summed E-state index contributed by atoms with van der Waals surface area (Å²) >= 11 is 0. The predicted molar refractivity (Wildman–Crippen MR) is 72.9 cm³/mol. The fourth-order valence-electron chi connectivity index (χ4n) is 1.65. The van der Waals surface area contributed by atoms with E-state index in [2.05, 4.69) is 0 Å². The van der Waals surface area contributed by atoms with Gasteiger partial charge in [-0.2, -0.15) is 0 Å². The Hall–Kier alpha value is -2.95. The Kier molecular flexibility index (Phi) is 3.61. The maximum atomic E-state index is 11.8. The van der Waals surface area contributed by atoms with Crippen LogP contribution in [0.3, 0.4) is 0 Å². The van der Waals surface area contributed by atoms with Crippen molar-refractivity contribution in [3.8, 4) is 23.0 Å². The molecule has 0 aliphatic heterocycles. The molecule has 0 saturated carbocycles. The Bertz CT molecular complexity index is 674. The standard InChI is InChI=1S/C15H12O5/c16-11(9-4-2-1-3-5-9)7-6-10-8-12(17)14(19)15(20)13(10)18/h1-8,17-20H/b7-6+. The summed E-state index contributed by atoms with van der Waals surface area (Å²) in [5.41, 5.74) is 0.484. The van der Waals surface area contributed by atoms with Gasteiger partial charge < -0.3 is 20.4 Å². The van der Waals surface area contributed by atoms with E-state index < -0.39 is 23.0 Å². The van der Waals surface area contributed by atoms with E-state index in [1.54, 1.807) is 30.3 Å². The molecule has 0 aliphatic rings. The first-order valence-corrected chi connectivity index (χ1v) is 5.75. The molecule has 5 nitrogen and oxygen atoms in total. The van der Waals surface area contributed by atoms with Gasteiger partial charge in [-0.05, 0) is 18.2 Å². The molecule has 2 rings (SSSR count). The van der Waals surface area contributed by atoms with Crippen LogP contribution in [0.25, 0.3) is 6.08 Å². The van der Waals surface area contributed by atoms with Crippen LogP contribution in [0, 0.1) is 0 Å². The first-order chi connectivity index (χ1) is 9.50. The number of allylic oxidation sites excluding steroid dienone is 1. The Balaban J connectivity index is 2.31. The van der Waals surface area contributed by atoms with Crippen molar-refractivity contribution in [1.29, 1.82) is 0 Å². The lowest BCUT2D eigenvalue weighted by Crippen LogP contribution is -1.92. The molecular weight excluding hydrogens is 260 g/mol. The van der Waals surface area contributed by atoms with Crippen LogP contribution in [0.1, 0.15) is 15.9 Å². The molecule has 102 valence electrons. The van der Waals surface area contributed by atoms with Gasteiger partial charge in [-0.15, -0.1) is 0 Å². The predicted octanol–water partition coefficient (Wildman–Crippen LogP) is 2.41. The minimum atomic E-state index is -0.836.